The summed E-state index contributed by atoms with van der Waals surface area (Å²) in [6, 6.07) is 2.48. The van der Waals surface area contributed by atoms with Crippen molar-refractivity contribution in [1.29, 1.82) is 0 Å². The first-order chi connectivity index (χ1) is 18.2. The van der Waals surface area contributed by atoms with E-state index >= 15 is 0 Å². The Bertz CT molecular complexity index is 1270. The van der Waals surface area contributed by atoms with Gasteiger partial charge in [-0.25, -0.2) is 23.1 Å². The molecule has 10 nitrogen and oxygen atoms in total. The Hall–Kier alpha value is -3.57. The van der Waals surface area contributed by atoms with Crippen LogP contribution >= 0.6 is 0 Å². The molecule has 0 bridgehead atoms. The molecule has 2 aliphatic rings. The van der Waals surface area contributed by atoms with E-state index in [1.165, 1.54) is 11.2 Å². The molecule has 0 spiro atoms. The Morgan fingerprint density at radius 1 is 1.23 bits per heavy atom. The number of hydrogen-bond donors (Lipinski definition) is 1. The zero-order chi connectivity index (χ0) is 28.5. The van der Waals surface area contributed by atoms with Crippen molar-refractivity contribution in [3.8, 4) is 0 Å². The van der Waals surface area contributed by atoms with Gasteiger partial charge < -0.3 is 19.9 Å². The van der Waals surface area contributed by atoms with Crippen LogP contribution in [-0.2, 0) is 14.3 Å². The van der Waals surface area contributed by atoms with Crippen molar-refractivity contribution < 1.29 is 27.9 Å². The lowest BCUT2D eigenvalue weighted by Gasteiger charge is -2.37. The highest BCUT2D eigenvalue weighted by Gasteiger charge is 2.47. The van der Waals surface area contributed by atoms with Gasteiger partial charge in [-0.3, -0.25) is 9.59 Å². The summed E-state index contributed by atoms with van der Waals surface area (Å²) in [7, 11) is 3.15. The predicted molar refractivity (Wildman–Crippen MR) is 140 cm³/mol. The van der Waals surface area contributed by atoms with Crippen molar-refractivity contribution >= 4 is 29.1 Å². The molecule has 3 amide bonds. The average molecular weight is 547 g/mol. The fourth-order valence-corrected chi connectivity index (χ4v) is 5.22. The van der Waals surface area contributed by atoms with Crippen LogP contribution in [0.15, 0.2) is 30.7 Å². The highest BCUT2D eigenvalue weighted by Crippen LogP contribution is 2.37. The zero-order valence-electron chi connectivity index (χ0n) is 23.0. The normalized spacial score (nSPS) is 20.7. The van der Waals surface area contributed by atoms with Crippen molar-refractivity contribution in [2.24, 2.45) is 11.8 Å². The van der Waals surface area contributed by atoms with Crippen molar-refractivity contribution in [3.05, 3.63) is 36.3 Å². The minimum absolute atomic E-state index is 0.152. The summed E-state index contributed by atoms with van der Waals surface area (Å²) >= 11 is 0. The fourth-order valence-electron chi connectivity index (χ4n) is 5.22. The lowest BCUT2D eigenvalue weighted by molar-refractivity contribution is -0.144. The molecule has 212 valence electrons. The number of ether oxygens (including phenoxy) is 1. The fraction of sp³-hybridized carbons (Fsp3) is 0.593. The first-order valence-corrected chi connectivity index (χ1v) is 13.1. The van der Waals surface area contributed by atoms with Crippen molar-refractivity contribution in [2.75, 3.05) is 27.2 Å². The standard InChI is InChI=1S/C27H36F2N6O4/c1-26(2,3)39-25(38)32-22(24(37)34-13-12-27(28,29)15-34)21(23(36)33(4)5)18-8-6-17(7-9-18)19-10-11-20-30-16-31-35(20)14-19/h6,10-11,14,16,18,21-22H,7-9,12-13,15H2,1-5H3,(H,32,38)/t18?,21-,22-/m0/s1. The van der Waals surface area contributed by atoms with Crippen molar-refractivity contribution in [3.63, 3.8) is 0 Å². The number of carbonyl (C=O) groups is 3. The summed E-state index contributed by atoms with van der Waals surface area (Å²) < 4.78 is 35.1. The summed E-state index contributed by atoms with van der Waals surface area (Å²) in [5, 5.41) is 6.77. The molecule has 0 aromatic carbocycles. The van der Waals surface area contributed by atoms with Crippen LogP contribution in [0.25, 0.3) is 11.2 Å². The van der Waals surface area contributed by atoms with Gasteiger partial charge >= 0.3 is 6.09 Å². The van der Waals surface area contributed by atoms with Gasteiger partial charge in [0.1, 0.15) is 18.0 Å². The molecule has 1 aliphatic heterocycles. The lowest BCUT2D eigenvalue weighted by atomic mass is 9.75. The molecule has 0 saturated carbocycles. The summed E-state index contributed by atoms with van der Waals surface area (Å²) in [4.78, 5) is 46.6. The number of halogens is 2. The minimum atomic E-state index is -3.01. The maximum Gasteiger partial charge on any atom is 0.408 e. The van der Waals surface area contributed by atoms with Crippen molar-refractivity contribution in [2.45, 2.75) is 64.0 Å². The average Bonchev–Trinajstić information content (AvgIpc) is 3.47. The molecular weight excluding hydrogens is 510 g/mol. The molecule has 39 heavy (non-hydrogen) atoms. The van der Waals surface area contributed by atoms with Gasteiger partial charge in [0.2, 0.25) is 11.8 Å². The quantitative estimate of drug-likeness (QED) is 0.595. The molecule has 1 unspecified atom stereocenters. The summed E-state index contributed by atoms with van der Waals surface area (Å²) in [6.07, 6.45) is 5.70. The molecule has 1 N–H and O–H groups in total. The molecule has 1 aliphatic carbocycles. The van der Waals surface area contributed by atoms with Crippen molar-refractivity contribution in [1.82, 2.24) is 29.7 Å². The number of likely N-dealkylation sites (tertiary alicyclic amines) is 1. The highest BCUT2D eigenvalue weighted by atomic mass is 19.3. The van der Waals surface area contributed by atoms with Crippen LogP contribution in [0.5, 0.6) is 0 Å². The molecule has 3 atom stereocenters. The smallest absolute Gasteiger partial charge is 0.408 e. The first-order valence-electron chi connectivity index (χ1n) is 13.1. The Morgan fingerprint density at radius 3 is 2.56 bits per heavy atom. The first kappa shape index (κ1) is 28.4. The van der Waals surface area contributed by atoms with E-state index < -0.39 is 48.4 Å². The van der Waals surface area contributed by atoms with Crippen LogP contribution in [0, 0.1) is 11.8 Å². The van der Waals surface area contributed by atoms with Gasteiger partial charge in [0, 0.05) is 33.3 Å². The summed E-state index contributed by atoms with van der Waals surface area (Å²) in [5.74, 6) is -5.36. The van der Waals surface area contributed by atoms with Crippen LogP contribution in [0.1, 0.15) is 52.0 Å². The molecule has 4 rings (SSSR count). The van der Waals surface area contributed by atoms with E-state index in [-0.39, 0.29) is 18.4 Å². The number of rotatable bonds is 6. The van der Waals surface area contributed by atoms with E-state index in [1.54, 1.807) is 39.4 Å². The number of nitrogens with one attached hydrogen (secondary N) is 1. The SMILES string of the molecule is CN(C)C(=O)[C@@H](C1CC=C(c2ccc3ncnn3c2)CC1)[C@H](NC(=O)OC(C)(C)C)C(=O)N1CCC(F)(F)C1. The van der Waals surface area contributed by atoms with E-state index in [9.17, 15) is 23.2 Å². The second-order valence-corrected chi connectivity index (χ2v) is 11.5. The van der Waals surface area contributed by atoms with Gasteiger partial charge in [0.25, 0.3) is 5.92 Å². The van der Waals surface area contributed by atoms with E-state index in [1.807, 2.05) is 24.4 Å². The number of fused-ring (bicyclic) bond motifs is 1. The molecule has 3 heterocycles. The predicted octanol–water partition coefficient (Wildman–Crippen LogP) is 3.38. The van der Waals surface area contributed by atoms with E-state index in [2.05, 4.69) is 15.4 Å². The third-order valence-corrected chi connectivity index (χ3v) is 7.11. The largest absolute Gasteiger partial charge is 0.444 e. The van der Waals surface area contributed by atoms with Gasteiger partial charge in [-0.1, -0.05) is 6.08 Å². The summed E-state index contributed by atoms with van der Waals surface area (Å²) in [6.45, 7) is 4.13. The highest BCUT2D eigenvalue weighted by molar-refractivity contribution is 5.93. The number of allylic oxidation sites excluding steroid dienone is 2. The van der Waals surface area contributed by atoms with Crippen LogP contribution in [0.3, 0.4) is 0 Å². The van der Waals surface area contributed by atoms with Gasteiger partial charge in [0.15, 0.2) is 5.65 Å². The Balaban J connectivity index is 1.63. The minimum Gasteiger partial charge on any atom is -0.444 e. The Labute approximate surface area is 226 Å². The third kappa shape index (κ3) is 6.72. The van der Waals surface area contributed by atoms with E-state index in [4.69, 9.17) is 4.74 Å². The van der Waals surface area contributed by atoms with Crippen LogP contribution in [0.4, 0.5) is 13.6 Å². The third-order valence-electron chi connectivity index (χ3n) is 7.11. The van der Waals surface area contributed by atoms with Gasteiger partial charge in [0.05, 0.1) is 12.5 Å². The maximum atomic E-state index is 14.0. The topological polar surface area (TPSA) is 109 Å². The summed E-state index contributed by atoms with van der Waals surface area (Å²) in [5.41, 5.74) is 1.92. The molecule has 2 aromatic rings. The number of pyridine rings is 1. The van der Waals surface area contributed by atoms with E-state index in [0.29, 0.717) is 19.3 Å². The van der Waals surface area contributed by atoms with Gasteiger partial charge in [-0.05, 0) is 69.2 Å². The number of alkyl halides is 2. The second-order valence-electron chi connectivity index (χ2n) is 11.5. The Kier molecular flexibility index (Phi) is 7.94. The molecule has 1 saturated heterocycles. The number of hydrogen-bond acceptors (Lipinski definition) is 6. The van der Waals surface area contributed by atoms with Gasteiger partial charge in [-0.15, -0.1) is 0 Å². The second kappa shape index (κ2) is 10.9. The molecule has 2 aromatic heterocycles. The molecule has 0 radical (unpaired) electrons. The lowest BCUT2D eigenvalue weighted by Crippen LogP contribution is -2.58. The van der Waals surface area contributed by atoms with E-state index in [0.717, 1.165) is 21.7 Å². The number of aromatic nitrogens is 3. The Morgan fingerprint density at radius 2 is 1.97 bits per heavy atom. The number of amides is 3. The van der Waals surface area contributed by atoms with Gasteiger partial charge in [-0.2, -0.15) is 5.10 Å². The number of carbonyl (C=O) groups excluding carboxylic acids is 3. The number of nitrogens with zero attached hydrogens (tertiary/aromatic N) is 5. The monoisotopic (exact) mass is 546 g/mol. The molecule has 1 fully saturated rings. The zero-order valence-corrected chi connectivity index (χ0v) is 23.0. The molecule has 12 heteroatoms. The molecular formula is C27H36F2N6O4. The van der Waals surface area contributed by atoms with Crippen LogP contribution in [0.2, 0.25) is 0 Å². The maximum absolute atomic E-state index is 14.0. The number of alkyl carbamates (subject to hydrolysis) is 1. The van der Waals surface area contributed by atoms with Crippen LogP contribution in [-0.4, -0.2) is 87.1 Å². The van der Waals surface area contributed by atoms with Crippen LogP contribution < -0.4 is 5.32 Å².